The van der Waals surface area contributed by atoms with Crippen LogP contribution in [0.1, 0.15) is 59.8 Å². The number of hydrogen-bond donors (Lipinski definition) is 1. The summed E-state index contributed by atoms with van der Waals surface area (Å²) in [7, 11) is 0. The molecule has 0 aromatic rings. The summed E-state index contributed by atoms with van der Waals surface area (Å²) in [5.74, 6) is 0. The minimum absolute atomic E-state index is 0.332. The van der Waals surface area contributed by atoms with E-state index in [1.54, 1.807) is 0 Å². The van der Waals surface area contributed by atoms with Gasteiger partial charge in [-0.3, -0.25) is 4.90 Å². The van der Waals surface area contributed by atoms with Crippen LogP contribution in [0.5, 0.6) is 0 Å². The molecular formula is C17H34N2O. The standard InChI is InChI=1S/C17H34N2O/c1-5-8-14-12-19(13-15-9-6-7-10-20-15)16(11-18-14)17(2,3)4/h14-16,18H,5-13H2,1-4H3. The number of ether oxygens (including phenoxy) is 1. The Balaban J connectivity index is 1.97. The van der Waals surface area contributed by atoms with Crippen molar-refractivity contribution in [1.29, 1.82) is 0 Å². The molecule has 0 aromatic heterocycles. The molecule has 118 valence electrons. The Morgan fingerprint density at radius 1 is 1.25 bits per heavy atom. The first-order valence-corrected chi connectivity index (χ1v) is 8.59. The predicted octanol–water partition coefficient (Wildman–Crippen LogP) is 3.04. The van der Waals surface area contributed by atoms with Crippen LogP contribution in [-0.2, 0) is 4.74 Å². The molecule has 0 aromatic carbocycles. The Bertz CT molecular complexity index is 281. The maximum absolute atomic E-state index is 5.97. The molecule has 2 rings (SSSR count). The lowest BCUT2D eigenvalue weighted by Gasteiger charge is -2.47. The molecule has 2 saturated heterocycles. The third-order valence-electron chi connectivity index (χ3n) is 4.84. The highest BCUT2D eigenvalue weighted by molar-refractivity contribution is 4.93. The van der Waals surface area contributed by atoms with Crippen LogP contribution in [0.15, 0.2) is 0 Å². The van der Waals surface area contributed by atoms with E-state index in [-0.39, 0.29) is 0 Å². The average Bonchev–Trinajstić information content (AvgIpc) is 2.39. The van der Waals surface area contributed by atoms with Crippen LogP contribution in [0.3, 0.4) is 0 Å². The highest BCUT2D eigenvalue weighted by Gasteiger charge is 2.36. The summed E-state index contributed by atoms with van der Waals surface area (Å²) in [5.41, 5.74) is 0.332. The number of piperazine rings is 1. The summed E-state index contributed by atoms with van der Waals surface area (Å²) in [6.45, 7) is 13.8. The molecular weight excluding hydrogens is 248 g/mol. The number of nitrogens with zero attached hydrogens (tertiary/aromatic N) is 1. The molecule has 3 atom stereocenters. The van der Waals surface area contributed by atoms with Gasteiger partial charge < -0.3 is 10.1 Å². The van der Waals surface area contributed by atoms with Gasteiger partial charge in [0.2, 0.25) is 0 Å². The maximum Gasteiger partial charge on any atom is 0.0702 e. The van der Waals surface area contributed by atoms with E-state index in [1.807, 2.05) is 0 Å². The second-order valence-electron chi connectivity index (χ2n) is 7.72. The Morgan fingerprint density at radius 2 is 2.05 bits per heavy atom. The van der Waals surface area contributed by atoms with E-state index < -0.39 is 0 Å². The third-order valence-corrected chi connectivity index (χ3v) is 4.84. The van der Waals surface area contributed by atoms with Gasteiger partial charge in [0.25, 0.3) is 0 Å². The minimum atomic E-state index is 0.332. The van der Waals surface area contributed by atoms with Crippen molar-refractivity contribution < 1.29 is 4.74 Å². The van der Waals surface area contributed by atoms with Gasteiger partial charge in [0.05, 0.1) is 6.10 Å². The van der Waals surface area contributed by atoms with Crippen molar-refractivity contribution in [3.63, 3.8) is 0 Å². The fourth-order valence-electron chi connectivity index (χ4n) is 3.69. The molecule has 2 fully saturated rings. The van der Waals surface area contributed by atoms with E-state index in [0.717, 1.165) is 19.7 Å². The van der Waals surface area contributed by atoms with Gasteiger partial charge in [-0.1, -0.05) is 34.1 Å². The van der Waals surface area contributed by atoms with E-state index in [1.165, 1.54) is 38.6 Å². The van der Waals surface area contributed by atoms with E-state index in [4.69, 9.17) is 4.74 Å². The Labute approximate surface area is 125 Å². The molecule has 0 radical (unpaired) electrons. The van der Waals surface area contributed by atoms with E-state index in [0.29, 0.717) is 23.6 Å². The van der Waals surface area contributed by atoms with E-state index in [2.05, 4.69) is 37.9 Å². The lowest BCUT2D eigenvalue weighted by Crippen LogP contribution is -2.61. The highest BCUT2D eigenvalue weighted by atomic mass is 16.5. The monoisotopic (exact) mass is 282 g/mol. The fraction of sp³-hybridized carbons (Fsp3) is 1.00. The Kier molecular flexibility index (Phi) is 5.88. The van der Waals surface area contributed by atoms with Crippen LogP contribution >= 0.6 is 0 Å². The van der Waals surface area contributed by atoms with Crippen LogP contribution in [0.4, 0.5) is 0 Å². The molecule has 2 aliphatic heterocycles. The Hall–Kier alpha value is -0.120. The predicted molar refractivity (Wildman–Crippen MR) is 85.1 cm³/mol. The van der Waals surface area contributed by atoms with Gasteiger partial charge >= 0.3 is 0 Å². The summed E-state index contributed by atoms with van der Waals surface area (Å²) in [6, 6.07) is 1.29. The lowest BCUT2D eigenvalue weighted by atomic mass is 9.83. The first kappa shape index (κ1) is 16.3. The fourth-order valence-corrected chi connectivity index (χ4v) is 3.69. The molecule has 0 aliphatic carbocycles. The molecule has 2 aliphatic rings. The van der Waals surface area contributed by atoms with Crippen molar-refractivity contribution in [2.75, 3.05) is 26.2 Å². The van der Waals surface area contributed by atoms with Crippen molar-refractivity contribution in [2.45, 2.75) is 78.0 Å². The van der Waals surface area contributed by atoms with E-state index >= 15 is 0 Å². The SMILES string of the molecule is CCCC1CN(CC2CCCCO2)C(C(C)(C)C)CN1. The first-order chi connectivity index (χ1) is 9.50. The molecule has 2 heterocycles. The van der Waals surface area contributed by atoms with Crippen molar-refractivity contribution in [1.82, 2.24) is 10.2 Å². The van der Waals surface area contributed by atoms with Crippen molar-refractivity contribution in [3.8, 4) is 0 Å². The first-order valence-electron chi connectivity index (χ1n) is 8.59. The second-order valence-corrected chi connectivity index (χ2v) is 7.72. The second kappa shape index (κ2) is 7.24. The van der Waals surface area contributed by atoms with Crippen molar-refractivity contribution >= 4 is 0 Å². The lowest BCUT2D eigenvalue weighted by molar-refractivity contribution is -0.0369. The summed E-state index contributed by atoms with van der Waals surface area (Å²) >= 11 is 0. The normalized spacial score (nSPS) is 33.3. The van der Waals surface area contributed by atoms with Gasteiger partial charge in [-0.2, -0.15) is 0 Å². The smallest absolute Gasteiger partial charge is 0.0702 e. The number of nitrogens with one attached hydrogen (secondary N) is 1. The highest BCUT2D eigenvalue weighted by Crippen LogP contribution is 2.28. The van der Waals surface area contributed by atoms with E-state index in [9.17, 15) is 0 Å². The van der Waals surface area contributed by atoms with Crippen LogP contribution in [-0.4, -0.2) is 49.3 Å². The summed E-state index contributed by atoms with van der Waals surface area (Å²) < 4.78 is 5.97. The summed E-state index contributed by atoms with van der Waals surface area (Å²) in [4.78, 5) is 2.72. The summed E-state index contributed by atoms with van der Waals surface area (Å²) in [5, 5.41) is 3.76. The van der Waals surface area contributed by atoms with Gasteiger partial charge in [-0.25, -0.2) is 0 Å². The van der Waals surface area contributed by atoms with Gasteiger partial charge in [0.15, 0.2) is 0 Å². The zero-order valence-corrected chi connectivity index (χ0v) is 14.0. The molecule has 0 bridgehead atoms. The molecule has 3 nitrogen and oxygen atoms in total. The number of rotatable bonds is 4. The van der Waals surface area contributed by atoms with Crippen LogP contribution in [0, 0.1) is 5.41 Å². The van der Waals surface area contributed by atoms with Gasteiger partial charge in [-0.05, 0) is 31.1 Å². The van der Waals surface area contributed by atoms with Crippen molar-refractivity contribution in [3.05, 3.63) is 0 Å². The molecule has 0 spiro atoms. The molecule has 0 amide bonds. The molecule has 3 unspecified atom stereocenters. The zero-order valence-electron chi connectivity index (χ0n) is 14.0. The third kappa shape index (κ3) is 4.44. The minimum Gasteiger partial charge on any atom is -0.377 e. The number of hydrogen-bond acceptors (Lipinski definition) is 3. The van der Waals surface area contributed by atoms with Crippen LogP contribution in [0.2, 0.25) is 0 Å². The molecule has 0 saturated carbocycles. The largest absolute Gasteiger partial charge is 0.377 e. The van der Waals surface area contributed by atoms with Crippen LogP contribution < -0.4 is 5.32 Å². The molecule has 20 heavy (non-hydrogen) atoms. The van der Waals surface area contributed by atoms with Crippen molar-refractivity contribution in [2.24, 2.45) is 5.41 Å². The average molecular weight is 282 g/mol. The van der Waals surface area contributed by atoms with Gasteiger partial charge in [0, 0.05) is 38.3 Å². The maximum atomic E-state index is 5.97. The topological polar surface area (TPSA) is 24.5 Å². The van der Waals surface area contributed by atoms with Crippen LogP contribution in [0.25, 0.3) is 0 Å². The molecule has 3 heteroatoms. The quantitative estimate of drug-likeness (QED) is 0.858. The molecule has 1 N–H and O–H groups in total. The van der Waals surface area contributed by atoms with Gasteiger partial charge in [-0.15, -0.1) is 0 Å². The Morgan fingerprint density at radius 3 is 2.65 bits per heavy atom. The van der Waals surface area contributed by atoms with Gasteiger partial charge in [0.1, 0.15) is 0 Å². The zero-order chi connectivity index (χ0) is 14.6. The summed E-state index contributed by atoms with van der Waals surface area (Å²) in [6.07, 6.45) is 6.87.